The van der Waals surface area contributed by atoms with E-state index in [9.17, 15) is 9.59 Å². The molecule has 1 atom stereocenters. The van der Waals surface area contributed by atoms with Crippen molar-refractivity contribution in [1.29, 1.82) is 0 Å². The molecule has 3 aliphatic rings. The van der Waals surface area contributed by atoms with E-state index < -0.39 is 0 Å². The Morgan fingerprint density at radius 1 is 1.21 bits per heavy atom. The number of ether oxygens (including phenoxy) is 2. The van der Waals surface area contributed by atoms with Gasteiger partial charge in [-0.1, -0.05) is 12.8 Å². The van der Waals surface area contributed by atoms with Crippen molar-refractivity contribution in [3.8, 4) is 11.5 Å². The van der Waals surface area contributed by atoms with Crippen molar-refractivity contribution in [2.75, 3.05) is 24.8 Å². The molecule has 1 unspecified atom stereocenters. The van der Waals surface area contributed by atoms with Crippen LogP contribution in [0.3, 0.4) is 0 Å². The third-order valence-corrected chi connectivity index (χ3v) is 5.16. The number of fused-ring (bicyclic) bond motifs is 1. The molecule has 128 valence electrons. The van der Waals surface area contributed by atoms with Gasteiger partial charge in [0.05, 0.1) is 0 Å². The monoisotopic (exact) mass is 330 g/mol. The van der Waals surface area contributed by atoms with Crippen LogP contribution < -0.4 is 19.7 Å². The quantitative estimate of drug-likeness (QED) is 0.918. The highest BCUT2D eigenvalue weighted by Gasteiger charge is 2.32. The van der Waals surface area contributed by atoms with Gasteiger partial charge in [0.2, 0.25) is 18.6 Å². The first-order valence-electron chi connectivity index (χ1n) is 8.68. The first-order chi connectivity index (χ1) is 11.7. The summed E-state index contributed by atoms with van der Waals surface area (Å²) in [6.45, 7) is 1.42. The number of carbonyl (C=O) groups is 2. The maximum absolute atomic E-state index is 12.3. The molecule has 1 aromatic carbocycles. The van der Waals surface area contributed by atoms with Gasteiger partial charge in [-0.25, -0.2) is 0 Å². The number of rotatable bonds is 4. The van der Waals surface area contributed by atoms with E-state index in [0.29, 0.717) is 31.0 Å². The van der Waals surface area contributed by atoms with E-state index in [1.807, 2.05) is 18.2 Å². The minimum absolute atomic E-state index is 0.0916. The van der Waals surface area contributed by atoms with Crippen molar-refractivity contribution in [1.82, 2.24) is 5.32 Å². The van der Waals surface area contributed by atoms with E-state index in [4.69, 9.17) is 9.47 Å². The van der Waals surface area contributed by atoms with Gasteiger partial charge >= 0.3 is 0 Å². The lowest BCUT2D eigenvalue weighted by Crippen LogP contribution is -2.34. The first-order valence-corrected chi connectivity index (χ1v) is 8.68. The summed E-state index contributed by atoms with van der Waals surface area (Å²) in [5.74, 6) is 1.97. The van der Waals surface area contributed by atoms with Crippen LogP contribution in [0.2, 0.25) is 0 Å². The Balaban J connectivity index is 1.35. The number of nitrogens with one attached hydrogen (secondary N) is 1. The van der Waals surface area contributed by atoms with Gasteiger partial charge in [-0.05, 0) is 25.0 Å². The minimum Gasteiger partial charge on any atom is -0.454 e. The highest BCUT2D eigenvalue weighted by Crippen LogP contribution is 2.37. The van der Waals surface area contributed by atoms with Gasteiger partial charge in [0.1, 0.15) is 0 Å². The van der Waals surface area contributed by atoms with Crippen molar-refractivity contribution in [2.45, 2.75) is 32.1 Å². The van der Waals surface area contributed by atoms with Gasteiger partial charge in [0.15, 0.2) is 11.5 Å². The topological polar surface area (TPSA) is 67.9 Å². The van der Waals surface area contributed by atoms with E-state index in [-0.39, 0.29) is 30.4 Å². The van der Waals surface area contributed by atoms with Crippen molar-refractivity contribution in [3.05, 3.63) is 18.2 Å². The Labute approximate surface area is 141 Å². The predicted octanol–water partition coefficient (Wildman–Crippen LogP) is 2.07. The number of amides is 2. The molecule has 2 heterocycles. The van der Waals surface area contributed by atoms with Crippen LogP contribution in [0.25, 0.3) is 0 Å². The molecule has 2 aliphatic heterocycles. The first kappa shape index (κ1) is 15.3. The van der Waals surface area contributed by atoms with E-state index in [2.05, 4.69) is 5.32 Å². The molecule has 6 heteroatoms. The second-order valence-corrected chi connectivity index (χ2v) is 6.84. The summed E-state index contributed by atoms with van der Waals surface area (Å²) in [4.78, 5) is 26.2. The third kappa shape index (κ3) is 2.92. The average Bonchev–Trinajstić information content (AvgIpc) is 3.32. The number of nitrogens with zero attached hydrogens (tertiary/aromatic N) is 1. The molecule has 1 saturated heterocycles. The van der Waals surface area contributed by atoms with Crippen LogP contribution in [-0.2, 0) is 9.59 Å². The SMILES string of the molecule is O=C(NCC1CC(=O)N(c2ccc3c(c2)OCO3)C1)C1CCCC1. The Kier molecular flexibility index (Phi) is 4.04. The molecular formula is C18H22N2O4. The minimum atomic E-state index is 0.0916. The summed E-state index contributed by atoms with van der Waals surface area (Å²) in [5, 5.41) is 3.04. The van der Waals surface area contributed by atoms with Crippen molar-refractivity contribution < 1.29 is 19.1 Å². The second-order valence-electron chi connectivity index (χ2n) is 6.84. The maximum Gasteiger partial charge on any atom is 0.231 e. The number of benzene rings is 1. The highest BCUT2D eigenvalue weighted by molar-refractivity contribution is 5.96. The normalized spacial score (nSPS) is 23.1. The molecule has 24 heavy (non-hydrogen) atoms. The van der Waals surface area contributed by atoms with Crippen LogP contribution in [0.5, 0.6) is 11.5 Å². The second kappa shape index (κ2) is 6.34. The zero-order valence-electron chi connectivity index (χ0n) is 13.6. The van der Waals surface area contributed by atoms with Gasteiger partial charge in [-0.2, -0.15) is 0 Å². The Morgan fingerprint density at radius 3 is 2.83 bits per heavy atom. The van der Waals surface area contributed by atoms with Crippen LogP contribution in [-0.4, -0.2) is 31.7 Å². The average molecular weight is 330 g/mol. The van der Waals surface area contributed by atoms with Crippen LogP contribution in [0.15, 0.2) is 18.2 Å². The molecule has 0 aromatic heterocycles. The maximum atomic E-state index is 12.3. The molecule has 2 amide bonds. The molecule has 2 fully saturated rings. The fourth-order valence-corrected chi connectivity index (χ4v) is 3.80. The van der Waals surface area contributed by atoms with Crippen LogP contribution in [0.1, 0.15) is 32.1 Å². The molecule has 1 aliphatic carbocycles. The lowest BCUT2D eigenvalue weighted by atomic mass is 10.1. The van der Waals surface area contributed by atoms with E-state index in [1.54, 1.807) is 4.90 Å². The van der Waals surface area contributed by atoms with Crippen LogP contribution in [0, 0.1) is 11.8 Å². The molecule has 0 bridgehead atoms. The summed E-state index contributed by atoms with van der Waals surface area (Å²) in [5.41, 5.74) is 0.828. The lowest BCUT2D eigenvalue weighted by Gasteiger charge is -2.18. The van der Waals surface area contributed by atoms with Crippen molar-refractivity contribution in [3.63, 3.8) is 0 Å². The molecule has 1 saturated carbocycles. The van der Waals surface area contributed by atoms with Crippen LogP contribution in [0.4, 0.5) is 5.69 Å². The fourth-order valence-electron chi connectivity index (χ4n) is 3.80. The summed E-state index contributed by atoms with van der Waals surface area (Å²) in [7, 11) is 0. The molecule has 6 nitrogen and oxygen atoms in total. The number of anilines is 1. The highest BCUT2D eigenvalue weighted by atomic mass is 16.7. The summed E-state index contributed by atoms with van der Waals surface area (Å²) in [6, 6.07) is 5.56. The lowest BCUT2D eigenvalue weighted by molar-refractivity contribution is -0.125. The van der Waals surface area contributed by atoms with Gasteiger partial charge in [0.25, 0.3) is 0 Å². The predicted molar refractivity (Wildman–Crippen MR) is 88.0 cm³/mol. The Morgan fingerprint density at radius 2 is 2.00 bits per heavy atom. The van der Waals surface area contributed by atoms with Crippen molar-refractivity contribution in [2.24, 2.45) is 11.8 Å². The summed E-state index contributed by atoms with van der Waals surface area (Å²) < 4.78 is 10.7. The van der Waals surface area contributed by atoms with Gasteiger partial charge in [-0.15, -0.1) is 0 Å². The standard InChI is InChI=1S/C18H22N2O4/c21-17-7-12(9-19-18(22)13-3-1-2-4-13)10-20(17)14-5-6-15-16(8-14)24-11-23-15/h5-6,8,12-13H,1-4,7,9-11H2,(H,19,22). The largest absolute Gasteiger partial charge is 0.454 e. The van der Waals surface area contributed by atoms with Crippen LogP contribution >= 0.6 is 0 Å². The number of hydrogen-bond donors (Lipinski definition) is 1. The van der Waals surface area contributed by atoms with Crippen molar-refractivity contribution >= 4 is 17.5 Å². The molecule has 0 spiro atoms. The number of hydrogen-bond acceptors (Lipinski definition) is 4. The smallest absolute Gasteiger partial charge is 0.231 e. The summed E-state index contributed by atoms with van der Waals surface area (Å²) >= 11 is 0. The third-order valence-electron chi connectivity index (χ3n) is 5.16. The zero-order chi connectivity index (χ0) is 16.5. The van der Waals surface area contributed by atoms with Gasteiger partial charge in [-0.3, -0.25) is 9.59 Å². The fraction of sp³-hybridized carbons (Fsp3) is 0.556. The number of carbonyl (C=O) groups excluding carboxylic acids is 2. The van der Waals surface area contributed by atoms with E-state index >= 15 is 0 Å². The molecule has 1 N–H and O–H groups in total. The zero-order valence-corrected chi connectivity index (χ0v) is 13.6. The summed E-state index contributed by atoms with van der Waals surface area (Å²) in [6.07, 6.45) is 4.77. The molecule has 1 aromatic rings. The molecule has 4 rings (SSSR count). The van der Waals surface area contributed by atoms with Gasteiger partial charge < -0.3 is 19.7 Å². The van der Waals surface area contributed by atoms with Gasteiger partial charge in [0, 0.05) is 43.1 Å². The molecular weight excluding hydrogens is 308 g/mol. The Hall–Kier alpha value is -2.24. The van der Waals surface area contributed by atoms with E-state index in [0.717, 1.165) is 31.4 Å². The Bertz CT molecular complexity index is 654. The molecule has 0 radical (unpaired) electrons. The van der Waals surface area contributed by atoms with E-state index in [1.165, 1.54) is 0 Å².